The van der Waals surface area contributed by atoms with Gasteiger partial charge in [0.25, 0.3) is 0 Å². The molecule has 0 saturated carbocycles. The smallest absolute Gasteiger partial charge is 0.133 e. The Morgan fingerprint density at radius 1 is 1.67 bits per heavy atom. The summed E-state index contributed by atoms with van der Waals surface area (Å²) in [6.45, 7) is 4.52. The SMILES string of the molecule is CC1(NCc2cccnc2Cl)CCOC1. The van der Waals surface area contributed by atoms with E-state index in [2.05, 4.69) is 17.2 Å². The van der Waals surface area contributed by atoms with Crippen molar-refractivity contribution in [1.82, 2.24) is 10.3 Å². The first-order valence-electron chi connectivity index (χ1n) is 5.12. The molecule has 2 rings (SSSR count). The molecule has 1 aliphatic rings. The summed E-state index contributed by atoms with van der Waals surface area (Å²) >= 11 is 5.97. The summed E-state index contributed by atoms with van der Waals surface area (Å²) in [7, 11) is 0. The molecule has 1 aromatic rings. The van der Waals surface area contributed by atoms with Crippen molar-refractivity contribution in [2.45, 2.75) is 25.4 Å². The van der Waals surface area contributed by atoms with Gasteiger partial charge >= 0.3 is 0 Å². The van der Waals surface area contributed by atoms with Gasteiger partial charge in [0.2, 0.25) is 0 Å². The molecule has 15 heavy (non-hydrogen) atoms. The van der Waals surface area contributed by atoms with Crippen LogP contribution < -0.4 is 5.32 Å². The van der Waals surface area contributed by atoms with Crippen LogP contribution in [0.4, 0.5) is 0 Å². The van der Waals surface area contributed by atoms with E-state index in [1.165, 1.54) is 0 Å². The molecule has 0 radical (unpaired) electrons. The zero-order chi connectivity index (χ0) is 10.7. The Labute approximate surface area is 94.8 Å². The Bertz CT molecular complexity index is 337. The number of rotatable bonds is 3. The van der Waals surface area contributed by atoms with Gasteiger partial charge in [-0.1, -0.05) is 17.7 Å². The lowest BCUT2D eigenvalue weighted by molar-refractivity contribution is 0.171. The van der Waals surface area contributed by atoms with E-state index in [1.807, 2.05) is 12.1 Å². The van der Waals surface area contributed by atoms with Gasteiger partial charge in [-0.2, -0.15) is 0 Å². The first-order valence-corrected chi connectivity index (χ1v) is 5.50. The Kier molecular flexibility index (Phi) is 3.24. The largest absolute Gasteiger partial charge is 0.379 e. The summed E-state index contributed by atoms with van der Waals surface area (Å²) < 4.78 is 5.37. The number of aromatic nitrogens is 1. The second kappa shape index (κ2) is 4.47. The van der Waals surface area contributed by atoms with Crippen LogP contribution in [0.3, 0.4) is 0 Å². The van der Waals surface area contributed by atoms with Crippen molar-refractivity contribution in [1.29, 1.82) is 0 Å². The predicted octanol–water partition coefficient (Wildman–Crippen LogP) is 2.00. The van der Waals surface area contributed by atoms with Gasteiger partial charge in [-0.15, -0.1) is 0 Å². The lowest BCUT2D eigenvalue weighted by Gasteiger charge is -2.23. The molecule has 3 nitrogen and oxygen atoms in total. The monoisotopic (exact) mass is 226 g/mol. The normalized spacial score (nSPS) is 25.7. The van der Waals surface area contributed by atoms with E-state index < -0.39 is 0 Å². The van der Waals surface area contributed by atoms with Crippen LogP contribution in [-0.2, 0) is 11.3 Å². The molecule has 1 unspecified atom stereocenters. The maximum Gasteiger partial charge on any atom is 0.133 e. The van der Waals surface area contributed by atoms with Gasteiger partial charge in [0, 0.05) is 30.5 Å². The molecular formula is C11H15ClN2O. The molecule has 82 valence electrons. The lowest BCUT2D eigenvalue weighted by Crippen LogP contribution is -2.42. The van der Waals surface area contributed by atoms with Crippen molar-refractivity contribution in [3.63, 3.8) is 0 Å². The molecule has 0 aliphatic carbocycles. The van der Waals surface area contributed by atoms with E-state index >= 15 is 0 Å². The van der Waals surface area contributed by atoms with Crippen molar-refractivity contribution in [3.05, 3.63) is 29.0 Å². The van der Waals surface area contributed by atoms with Crippen LogP contribution in [0.25, 0.3) is 0 Å². The number of nitrogens with one attached hydrogen (secondary N) is 1. The third-order valence-corrected chi connectivity index (χ3v) is 3.10. The molecule has 1 saturated heterocycles. The van der Waals surface area contributed by atoms with E-state index in [1.54, 1.807) is 6.20 Å². The Morgan fingerprint density at radius 2 is 2.53 bits per heavy atom. The molecule has 0 aromatic carbocycles. The van der Waals surface area contributed by atoms with E-state index in [9.17, 15) is 0 Å². The number of halogens is 1. The molecule has 1 aromatic heterocycles. The van der Waals surface area contributed by atoms with E-state index in [0.29, 0.717) is 5.15 Å². The summed E-state index contributed by atoms with van der Waals surface area (Å²) in [6.07, 6.45) is 2.75. The minimum atomic E-state index is 0.0825. The van der Waals surface area contributed by atoms with Crippen LogP contribution >= 0.6 is 11.6 Å². The van der Waals surface area contributed by atoms with Gasteiger partial charge < -0.3 is 10.1 Å². The van der Waals surface area contributed by atoms with Gasteiger partial charge in [-0.05, 0) is 19.4 Å². The Hall–Kier alpha value is -0.640. The van der Waals surface area contributed by atoms with Gasteiger partial charge in [0.05, 0.1) is 6.61 Å². The number of pyridine rings is 1. The van der Waals surface area contributed by atoms with Gasteiger partial charge in [0.15, 0.2) is 0 Å². The highest BCUT2D eigenvalue weighted by Gasteiger charge is 2.28. The average Bonchev–Trinajstić information content (AvgIpc) is 2.65. The average molecular weight is 227 g/mol. The second-order valence-electron chi connectivity index (χ2n) is 4.17. The maximum absolute atomic E-state index is 5.97. The summed E-state index contributed by atoms with van der Waals surface area (Å²) in [6, 6.07) is 3.89. The van der Waals surface area contributed by atoms with Crippen molar-refractivity contribution < 1.29 is 4.74 Å². The van der Waals surface area contributed by atoms with Crippen molar-refractivity contribution in [2.24, 2.45) is 0 Å². The van der Waals surface area contributed by atoms with Gasteiger partial charge in [-0.25, -0.2) is 4.98 Å². The van der Waals surface area contributed by atoms with Crippen LogP contribution in [0.1, 0.15) is 18.9 Å². The van der Waals surface area contributed by atoms with Crippen molar-refractivity contribution in [3.8, 4) is 0 Å². The summed E-state index contributed by atoms with van der Waals surface area (Å²) in [5, 5.41) is 4.04. The highest BCUT2D eigenvalue weighted by Crippen LogP contribution is 2.19. The highest BCUT2D eigenvalue weighted by molar-refractivity contribution is 6.30. The first kappa shape index (κ1) is 10.9. The van der Waals surface area contributed by atoms with Crippen LogP contribution in [0.5, 0.6) is 0 Å². The number of ether oxygens (including phenoxy) is 1. The first-order chi connectivity index (χ1) is 7.20. The number of hydrogen-bond acceptors (Lipinski definition) is 3. The number of hydrogen-bond donors (Lipinski definition) is 1. The van der Waals surface area contributed by atoms with Crippen molar-refractivity contribution >= 4 is 11.6 Å². The van der Waals surface area contributed by atoms with E-state index in [4.69, 9.17) is 16.3 Å². The molecule has 0 spiro atoms. The minimum absolute atomic E-state index is 0.0825. The fourth-order valence-electron chi connectivity index (χ4n) is 1.67. The molecule has 0 bridgehead atoms. The third-order valence-electron chi connectivity index (χ3n) is 2.76. The predicted molar refractivity (Wildman–Crippen MR) is 59.9 cm³/mol. The lowest BCUT2D eigenvalue weighted by atomic mass is 10.0. The standard InChI is InChI=1S/C11H15ClN2O/c1-11(4-6-15-8-11)14-7-9-3-2-5-13-10(9)12/h2-3,5,14H,4,6-8H2,1H3. The quantitative estimate of drug-likeness (QED) is 0.801. The third kappa shape index (κ3) is 2.68. The Balaban J connectivity index is 1.95. The van der Waals surface area contributed by atoms with Crippen LogP contribution in [0.15, 0.2) is 18.3 Å². The highest BCUT2D eigenvalue weighted by atomic mass is 35.5. The molecule has 2 heterocycles. The molecule has 1 aliphatic heterocycles. The maximum atomic E-state index is 5.97. The van der Waals surface area contributed by atoms with Gasteiger partial charge in [-0.3, -0.25) is 0 Å². The zero-order valence-electron chi connectivity index (χ0n) is 8.79. The van der Waals surface area contributed by atoms with Gasteiger partial charge in [0.1, 0.15) is 5.15 Å². The van der Waals surface area contributed by atoms with Crippen molar-refractivity contribution in [2.75, 3.05) is 13.2 Å². The Morgan fingerprint density at radius 3 is 3.20 bits per heavy atom. The summed E-state index contributed by atoms with van der Waals surface area (Å²) in [5.41, 5.74) is 1.12. The molecule has 4 heteroatoms. The molecule has 1 N–H and O–H groups in total. The summed E-state index contributed by atoms with van der Waals surface area (Å²) in [4.78, 5) is 4.04. The fraction of sp³-hybridized carbons (Fsp3) is 0.545. The van der Waals surface area contributed by atoms with Crippen LogP contribution in [0, 0.1) is 0 Å². The fourth-order valence-corrected chi connectivity index (χ4v) is 1.85. The number of nitrogens with zero attached hydrogens (tertiary/aromatic N) is 1. The molecule has 1 atom stereocenters. The summed E-state index contributed by atoms with van der Waals surface area (Å²) in [5.74, 6) is 0. The minimum Gasteiger partial charge on any atom is -0.379 e. The van der Waals surface area contributed by atoms with Crippen LogP contribution in [-0.4, -0.2) is 23.7 Å². The molecule has 1 fully saturated rings. The molecular weight excluding hydrogens is 212 g/mol. The zero-order valence-corrected chi connectivity index (χ0v) is 9.55. The topological polar surface area (TPSA) is 34.2 Å². The van der Waals surface area contributed by atoms with E-state index in [-0.39, 0.29) is 5.54 Å². The van der Waals surface area contributed by atoms with Crippen LogP contribution in [0.2, 0.25) is 5.15 Å². The van der Waals surface area contributed by atoms with E-state index in [0.717, 1.165) is 31.7 Å². The molecule has 0 amide bonds. The second-order valence-corrected chi connectivity index (χ2v) is 4.53.